The van der Waals surface area contributed by atoms with Gasteiger partial charge in [-0.2, -0.15) is 0 Å². The van der Waals surface area contributed by atoms with Crippen LogP contribution in [0.15, 0.2) is 0 Å². The highest BCUT2D eigenvalue weighted by molar-refractivity contribution is 5.77. The highest BCUT2D eigenvalue weighted by Crippen LogP contribution is 2.45. The molecule has 0 radical (unpaired) electrons. The molecule has 2 rings (SSSR count). The Bertz CT molecular complexity index is 226. The van der Waals surface area contributed by atoms with Crippen LogP contribution in [-0.2, 0) is 4.79 Å². The molecule has 1 aliphatic carbocycles. The first-order chi connectivity index (χ1) is 7.24. The molecule has 1 heterocycles. The standard InChI is InChI=1S/C11H21N3O/c12-13-10(15)9-14-7-5-11(6-8-14)3-1-2-4-11/h1-9,12H2,(H,13,15). The molecule has 0 unspecified atom stereocenters. The monoisotopic (exact) mass is 211 g/mol. The average Bonchev–Trinajstić information content (AvgIpc) is 2.70. The molecule has 86 valence electrons. The number of carbonyl (C=O) groups excluding carboxylic acids is 1. The number of nitrogens with zero attached hydrogens (tertiary/aromatic N) is 1. The summed E-state index contributed by atoms with van der Waals surface area (Å²) >= 11 is 0. The average molecular weight is 211 g/mol. The zero-order valence-corrected chi connectivity index (χ0v) is 9.30. The van der Waals surface area contributed by atoms with Gasteiger partial charge in [-0.1, -0.05) is 12.8 Å². The fourth-order valence-electron chi connectivity index (χ4n) is 3.06. The minimum Gasteiger partial charge on any atom is -0.294 e. The van der Waals surface area contributed by atoms with Crippen molar-refractivity contribution in [2.45, 2.75) is 38.5 Å². The van der Waals surface area contributed by atoms with Crippen molar-refractivity contribution < 1.29 is 4.79 Å². The van der Waals surface area contributed by atoms with Gasteiger partial charge in [0.25, 0.3) is 0 Å². The lowest BCUT2D eigenvalue weighted by Crippen LogP contribution is -2.45. The third kappa shape index (κ3) is 2.49. The summed E-state index contributed by atoms with van der Waals surface area (Å²) in [6.07, 6.45) is 8.16. The van der Waals surface area contributed by atoms with Gasteiger partial charge >= 0.3 is 0 Å². The fourth-order valence-corrected chi connectivity index (χ4v) is 3.06. The minimum absolute atomic E-state index is 0.0719. The molecule has 4 heteroatoms. The van der Waals surface area contributed by atoms with Gasteiger partial charge in [0.15, 0.2) is 0 Å². The molecule has 1 saturated carbocycles. The number of amides is 1. The lowest BCUT2D eigenvalue weighted by Gasteiger charge is -2.39. The van der Waals surface area contributed by atoms with Gasteiger partial charge in [0.05, 0.1) is 6.54 Å². The Morgan fingerprint density at radius 3 is 2.33 bits per heavy atom. The number of hydrazine groups is 1. The van der Waals surface area contributed by atoms with E-state index in [1.807, 2.05) is 0 Å². The molecule has 0 aromatic carbocycles. The first-order valence-corrected chi connectivity index (χ1v) is 5.96. The third-order valence-corrected chi connectivity index (χ3v) is 4.11. The Morgan fingerprint density at radius 1 is 1.20 bits per heavy atom. The zero-order valence-electron chi connectivity index (χ0n) is 9.30. The number of hydrogen-bond acceptors (Lipinski definition) is 3. The second-order valence-electron chi connectivity index (χ2n) is 5.05. The van der Waals surface area contributed by atoms with E-state index in [-0.39, 0.29) is 5.91 Å². The van der Waals surface area contributed by atoms with Crippen LogP contribution in [0.4, 0.5) is 0 Å². The summed E-state index contributed by atoms with van der Waals surface area (Å²) in [4.78, 5) is 13.3. The lowest BCUT2D eigenvalue weighted by atomic mass is 9.77. The summed E-state index contributed by atoms with van der Waals surface area (Å²) in [5.41, 5.74) is 2.83. The molecule has 1 amide bonds. The summed E-state index contributed by atoms with van der Waals surface area (Å²) in [5.74, 6) is 5.01. The van der Waals surface area contributed by atoms with Crippen molar-refractivity contribution in [2.75, 3.05) is 19.6 Å². The SMILES string of the molecule is NNC(=O)CN1CCC2(CCCC2)CC1. The number of hydrogen-bond donors (Lipinski definition) is 2. The van der Waals surface area contributed by atoms with Crippen LogP contribution >= 0.6 is 0 Å². The van der Waals surface area contributed by atoms with E-state index in [1.165, 1.54) is 38.5 Å². The predicted octanol–water partition coefficient (Wildman–Crippen LogP) is 0.632. The Labute approximate surface area is 91.2 Å². The van der Waals surface area contributed by atoms with Gasteiger partial charge in [-0.3, -0.25) is 15.1 Å². The van der Waals surface area contributed by atoms with Crippen molar-refractivity contribution in [2.24, 2.45) is 11.3 Å². The van der Waals surface area contributed by atoms with Crippen LogP contribution in [0.1, 0.15) is 38.5 Å². The van der Waals surface area contributed by atoms with Gasteiger partial charge in [0.2, 0.25) is 5.91 Å². The summed E-state index contributed by atoms with van der Waals surface area (Å²) in [7, 11) is 0. The van der Waals surface area contributed by atoms with E-state index in [2.05, 4.69) is 10.3 Å². The van der Waals surface area contributed by atoms with E-state index >= 15 is 0 Å². The molecule has 15 heavy (non-hydrogen) atoms. The molecule has 3 N–H and O–H groups in total. The molecule has 2 aliphatic rings. The van der Waals surface area contributed by atoms with Gasteiger partial charge in [0.1, 0.15) is 0 Å². The van der Waals surface area contributed by atoms with E-state index in [0.717, 1.165) is 13.1 Å². The molecule has 4 nitrogen and oxygen atoms in total. The molecular weight excluding hydrogens is 190 g/mol. The first-order valence-electron chi connectivity index (χ1n) is 5.96. The van der Waals surface area contributed by atoms with Gasteiger partial charge in [-0.05, 0) is 44.2 Å². The van der Waals surface area contributed by atoms with Crippen LogP contribution in [0.5, 0.6) is 0 Å². The van der Waals surface area contributed by atoms with E-state index in [9.17, 15) is 4.79 Å². The Kier molecular flexibility index (Phi) is 3.26. The maximum absolute atomic E-state index is 11.1. The van der Waals surface area contributed by atoms with Crippen LogP contribution in [0.3, 0.4) is 0 Å². The number of likely N-dealkylation sites (tertiary alicyclic amines) is 1. The molecule has 1 saturated heterocycles. The second-order valence-corrected chi connectivity index (χ2v) is 5.05. The maximum atomic E-state index is 11.1. The Balaban J connectivity index is 1.79. The quantitative estimate of drug-likeness (QED) is 0.400. The normalized spacial score (nSPS) is 25.7. The van der Waals surface area contributed by atoms with Crippen molar-refractivity contribution in [1.82, 2.24) is 10.3 Å². The highest BCUT2D eigenvalue weighted by Gasteiger charge is 2.36. The van der Waals surface area contributed by atoms with Gasteiger partial charge < -0.3 is 0 Å². The number of piperidine rings is 1. The van der Waals surface area contributed by atoms with Gasteiger partial charge in [0, 0.05) is 0 Å². The lowest BCUT2D eigenvalue weighted by molar-refractivity contribution is -0.122. The van der Waals surface area contributed by atoms with Crippen molar-refractivity contribution >= 4 is 5.91 Å². The molecule has 0 aromatic rings. The molecule has 1 spiro atoms. The number of nitrogens with one attached hydrogen (secondary N) is 1. The van der Waals surface area contributed by atoms with Crippen molar-refractivity contribution in [3.63, 3.8) is 0 Å². The smallest absolute Gasteiger partial charge is 0.248 e. The Morgan fingerprint density at radius 2 is 1.80 bits per heavy atom. The summed E-state index contributed by atoms with van der Waals surface area (Å²) < 4.78 is 0. The molecule has 2 fully saturated rings. The van der Waals surface area contributed by atoms with E-state index in [4.69, 9.17) is 5.84 Å². The number of nitrogens with two attached hydrogens (primary N) is 1. The summed E-state index contributed by atoms with van der Waals surface area (Å²) in [6, 6.07) is 0. The van der Waals surface area contributed by atoms with E-state index in [1.54, 1.807) is 0 Å². The number of rotatable bonds is 2. The predicted molar refractivity (Wildman–Crippen MR) is 58.9 cm³/mol. The molecule has 0 atom stereocenters. The van der Waals surface area contributed by atoms with Crippen molar-refractivity contribution in [3.05, 3.63) is 0 Å². The van der Waals surface area contributed by atoms with Crippen molar-refractivity contribution in [1.29, 1.82) is 0 Å². The van der Waals surface area contributed by atoms with E-state index in [0.29, 0.717) is 12.0 Å². The van der Waals surface area contributed by atoms with Crippen LogP contribution in [0.25, 0.3) is 0 Å². The molecule has 0 bridgehead atoms. The van der Waals surface area contributed by atoms with Crippen LogP contribution in [0.2, 0.25) is 0 Å². The second kappa shape index (κ2) is 4.49. The summed E-state index contributed by atoms with van der Waals surface area (Å²) in [5, 5.41) is 0. The Hall–Kier alpha value is -0.610. The fraction of sp³-hybridized carbons (Fsp3) is 0.909. The van der Waals surface area contributed by atoms with Gasteiger partial charge in [-0.15, -0.1) is 0 Å². The largest absolute Gasteiger partial charge is 0.294 e. The van der Waals surface area contributed by atoms with Crippen molar-refractivity contribution in [3.8, 4) is 0 Å². The van der Waals surface area contributed by atoms with Crippen LogP contribution in [0, 0.1) is 5.41 Å². The van der Waals surface area contributed by atoms with Crippen LogP contribution < -0.4 is 11.3 Å². The summed E-state index contributed by atoms with van der Waals surface area (Å²) in [6.45, 7) is 2.59. The zero-order chi connectivity index (χ0) is 10.7. The molecule has 1 aliphatic heterocycles. The molecular formula is C11H21N3O. The highest BCUT2D eigenvalue weighted by atomic mass is 16.2. The maximum Gasteiger partial charge on any atom is 0.248 e. The molecule has 0 aromatic heterocycles. The van der Waals surface area contributed by atoms with Gasteiger partial charge in [-0.25, -0.2) is 5.84 Å². The number of carbonyl (C=O) groups is 1. The first kappa shape index (κ1) is 10.9. The topological polar surface area (TPSA) is 58.4 Å². The minimum atomic E-state index is -0.0719. The van der Waals surface area contributed by atoms with Crippen LogP contribution in [-0.4, -0.2) is 30.4 Å². The van der Waals surface area contributed by atoms with E-state index < -0.39 is 0 Å². The third-order valence-electron chi connectivity index (χ3n) is 4.11.